The van der Waals surface area contributed by atoms with E-state index in [1.807, 2.05) is 32.0 Å². The van der Waals surface area contributed by atoms with Crippen LogP contribution in [0.4, 0.5) is 10.1 Å². The van der Waals surface area contributed by atoms with E-state index in [0.29, 0.717) is 18.4 Å². The van der Waals surface area contributed by atoms with Crippen molar-refractivity contribution in [3.63, 3.8) is 0 Å². The molecule has 3 rings (SSSR count). The number of nitrogens with one attached hydrogen (secondary N) is 1. The Bertz CT molecular complexity index is 848. The van der Waals surface area contributed by atoms with Crippen LogP contribution < -0.4 is 10.1 Å². The van der Waals surface area contributed by atoms with Crippen molar-refractivity contribution in [2.24, 2.45) is 0 Å². The Morgan fingerprint density at radius 2 is 1.76 bits per heavy atom. The summed E-state index contributed by atoms with van der Waals surface area (Å²) in [6.45, 7) is 8.13. The first-order valence-electron chi connectivity index (χ1n) is 10.7. The van der Waals surface area contributed by atoms with Gasteiger partial charge in [-0.25, -0.2) is 4.39 Å². The molecule has 29 heavy (non-hydrogen) atoms. The summed E-state index contributed by atoms with van der Waals surface area (Å²) < 4.78 is 20.7. The normalized spacial score (nSPS) is 16.9. The molecule has 156 valence electrons. The maximum atomic E-state index is 14.7. The number of hydrogen-bond acceptors (Lipinski definition) is 2. The molecular weight excluding hydrogens is 365 g/mol. The predicted molar refractivity (Wildman–Crippen MR) is 116 cm³/mol. The number of benzene rings is 2. The number of carbonyl (C=O) groups excluding carboxylic acids is 1. The van der Waals surface area contributed by atoms with Crippen molar-refractivity contribution in [2.75, 3.05) is 5.32 Å². The van der Waals surface area contributed by atoms with Gasteiger partial charge in [-0.05, 0) is 69.4 Å². The van der Waals surface area contributed by atoms with Gasteiger partial charge in [-0.3, -0.25) is 4.79 Å². The van der Waals surface area contributed by atoms with Crippen molar-refractivity contribution in [3.05, 3.63) is 58.9 Å². The molecule has 3 nitrogen and oxygen atoms in total. The third-order valence-electron chi connectivity index (χ3n) is 6.14. The number of hydrogen-bond donors (Lipinski definition) is 1. The van der Waals surface area contributed by atoms with Crippen molar-refractivity contribution < 1.29 is 13.9 Å². The van der Waals surface area contributed by atoms with Crippen molar-refractivity contribution in [3.8, 4) is 5.75 Å². The van der Waals surface area contributed by atoms with Gasteiger partial charge in [-0.1, -0.05) is 44.4 Å². The first-order valence-corrected chi connectivity index (χ1v) is 10.7. The summed E-state index contributed by atoms with van der Waals surface area (Å²) in [5.41, 5.74) is 2.43. The van der Waals surface area contributed by atoms with Crippen molar-refractivity contribution in [2.45, 2.75) is 77.7 Å². The summed E-state index contributed by atoms with van der Waals surface area (Å²) in [7, 11) is 0. The monoisotopic (exact) mass is 397 g/mol. The van der Waals surface area contributed by atoms with E-state index in [-0.39, 0.29) is 17.8 Å². The lowest BCUT2D eigenvalue weighted by Gasteiger charge is -2.36. The quantitative estimate of drug-likeness (QED) is 0.607. The molecule has 0 spiro atoms. The Morgan fingerprint density at radius 1 is 1.14 bits per heavy atom. The fourth-order valence-corrected chi connectivity index (χ4v) is 4.37. The van der Waals surface area contributed by atoms with Crippen LogP contribution >= 0.6 is 0 Å². The van der Waals surface area contributed by atoms with E-state index in [9.17, 15) is 9.18 Å². The van der Waals surface area contributed by atoms with Gasteiger partial charge in [-0.2, -0.15) is 0 Å². The zero-order chi connectivity index (χ0) is 21.0. The zero-order valence-electron chi connectivity index (χ0n) is 18.0. The second-order valence-electron chi connectivity index (χ2n) is 8.35. The van der Waals surface area contributed by atoms with Gasteiger partial charge in [0.2, 0.25) is 5.91 Å². The van der Waals surface area contributed by atoms with Crippen LogP contribution in [0.15, 0.2) is 36.4 Å². The van der Waals surface area contributed by atoms with E-state index in [2.05, 4.69) is 19.2 Å². The first kappa shape index (κ1) is 21.4. The molecule has 0 saturated heterocycles. The van der Waals surface area contributed by atoms with Gasteiger partial charge in [0, 0.05) is 11.3 Å². The smallest absolute Gasteiger partial charge is 0.235 e. The molecule has 1 saturated carbocycles. The minimum atomic E-state index is -0.808. The van der Waals surface area contributed by atoms with Crippen LogP contribution in [0.3, 0.4) is 0 Å². The molecule has 2 aromatic rings. The molecule has 1 unspecified atom stereocenters. The highest BCUT2D eigenvalue weighted by atomic mass is 19.1. The second-order valence-corrected chi connectivity index (χ2v) is 8.35. The highest BCUT2D eigenvalue weighted by molar-refractivity contribution is 5.99. The van der Waals surface area contributed by atoms with Crippen LogP contribution in [-0.2, 0) is 10.2 Å². The molecule has 0 aromatic heterocycles. The van der Waals surface area contributed by atoms with Gasteiger partial charge in [0.1, 0.15) is 11.6 Å². The highest BCUT2D eigenvalue weighted by Crippen LogP contribution is 2.42. The van der Waals surface area contributed by atoms with Gasteiger partial charge in [0.15, 0.2) is 0 Å². The van der Waals surface area contributed by atoms with E-state index in [1.54, 1.807) is 12.1 Å². The summed E-state index contributed by atoms with van der Waals surface area (Å²) >= 11 is 0. The summed E-state index contributed by atoms with van der Waals surface area (Å²) in [5.74, 6) is 0.463. The molecule has 1 fully saturated rings. The number of rotatable bonds is 6. The number of ether oxygens (including phenoxy) is 1. The van der Waals surface area contributed by atoms with E-state index in [4.69, 9.17) is 4.74 Å². The number of carbonyl (C=O) groups is 1. The Kier molecular flexibility index (Phi) is 6.61. The summed E-state index contributed by atoms with van der Waals surface area (Å²) in [4.78, 5) is 13.5. The van der Waals surface area contributed by atoms with Gasteiger partial charge >= 0.3 is 0 Å². The van der Waals surface area contributed by atoms with Crippen LogP contribution in [0.5, 0.6) is 5.75 Å². The first-order chi connectivity index (χ1) is 13.9. The number of amides is 1. The van der Waals surface area contributed by atoms with Crippen molar-refractivity contribution in [1.82, 2.24) is 0 Å². The highest BCUT2D eigenvalue weighted by Gasteiger charge is 2.42. The second kappa shape index (κ2) is 8.98. The fraction of sp³-hybridized carbons (Fsp3) is 0.480. The van der Waals surface area contributed by atoms with E-state index in [1.165, 1.54) is 6.07 Å². The molecule has 0 radical (unpaired) electrons. The molecule has 1 atom stereocenters. The Hall–Kier alpha value is -2.36. The van der Waals surface area contributed by atoms with E-state index >= 15 is 0 Å². The maximum Gasteiger partial charge on any atom is 0.235 e. The lowest BCUT2D eigenvalue weighted by Crippen LogP contribution is -2.42. The molecule has 2 aromatic carbocycles. The Balaban J connectivity index is 1.90. The predicted octanol–water partition coefficient (Wildman–Crippen LogP) is 6.46. The SMILES string of the molecule is CCC(C)Oc1c(C)cc(NC(=O)C2(c3ccccc3F)CCCCC2)cc1C. The average molecular weight is 398 g/mol. The minimum absolute atomic E-state index is 0.114. The molecule has 1 amide bonds. The average Bonchev–Trinajstić information content (AvgIpc) is 2.71. The van der Waals surface area contributed by atoms with Gasteiger partial charge < -0.3 is 10.1 Å². The lowest BCUT2D eigenvalue weighted by molar-refractivity contribution is -0.122. The van der Waals surface area contributed by atoms with Gasteiger partial charge in [-0.15, -0.1) is 0 Å². The van der Waals surface area contributed by atoms with Gasteiger partial charge in [0.05, 0.1) is 11.5 Å². The molecule has 0 bridgehead atoms. The summed E-state index contributed by atoms with van der Waals surface area (Å²) in [6, 6.07) is 10.6. The fourth-order valence-electron chi connectivity index (χ4n) is 4.37. The van der Waals surface area contributed by atoms with Crippen LogP contribution in [-0.4, -0.2) is 12.0 Å². The molecule has 1 N–H and O–H groups in total. The molecular formula is C25H32FNO2. The lowest BCUT2D eigenvalue weighted by atomic mass is 9.68. The third-order valence-corrected chi connectivity index (χ3v) is 6.14. The van der Waals surface area contributed by atoms with E-state index in [0.717, 1.165) is 48.2 Å². The number of anilines is 1. The van der Waals surface area contributed by atoms with Crippen molar-refractivity contribution >= 4 is 11.6 Å². The molecule has 4 heteroatoms. The van der Waals surface area contributed by atoms with Crippen LogP contribution in [0.1, 0.15) is 69.1 Å². The van der Waals surface area contributed by atoms with Crippen LogP contribution in [0, 0.1) is 19.7 Å². The van der Waals surface area contributed by atoms with E-state index < -0.39 is 5.41 Å². The zero-order valence-corrected chi connectivity index (χ0v) is 18.0. The minimum Gasteiger partial charge on any atom is -0.490 e. The number of halogens is 1. The number of aryl methyl sites for hydroxylation is 2. The topological polar surface area (TPSA) is 38.3 Å². The van der Waals surface area contributed by atoms with Crippen LogP contribution in [0.25, 0.3) is 0 Å². The molecule has 0 heterocycles. The van der Waals surface area contributed by atoms with Crippen molar-refractivity contribution in [1.29, 1.82) is 0 Å². The Labute approximate surface area is 173 Å². The third kappa shape index (κ3) is 4.47. The molecule has 0 aliphatic heterocycles. The molecule has 1 aliphatic carbocycles. The standard InChI is InChI=1S/C25H32FNO2/c1-5-19(4)29-23-17(2)15-20(16-18(23)3)27-24(28)25(13-9-6-10-14-25)21-11-7-8-12-22(21)26/h7-8,11-12,15-16,19H,5-6,9-10,13-14H2,1-4H3,(H,27,28). The maximum absolute atomic E-state index is 14.7. The van der Waals surface area contributed by atoms with Crippen LogP contribution in [0.2, 0.25) is 0 Å². The summed E-state index contributed by atoms with van der Waals surface area (Å²) in [5, 5.41) is 3.09. The Morgan fingerprint density at radius 3 is 2.34 bits per heavy atom. The molecule has 1 aliphatic rings. The van der Waals surface area contributed by atoms with Gasteiger partial charge in [0.25, 0.3) is 0 Å². The summed E-state index contributed by atoms with van der Waals surface area (Å²) in [6.07, 6.45) is 5.37. The largest absolute Gasteiger partial charge is 0.490 e.